The van der Waals surface area contributed by atoms with Gasteiger partial charge in [0.1, 0.15) is 5.75 Å². The van der Waals surface area contributed by atoms with Crippen LogP contribution in [0.4, 0.5) is 4.39 Å². The second kappa shape index (κ2) is 4.70. The lowest BCUT2D eigenvalue weighted by atomic mass is 10.0. The minimum Gasteiger partial charge on any atom is -0.496 e. The van der Waals surface area contributed by atoms with Gasteiger partial charge in [0.2, 0.25) is 0 Å². The van der Waals surface area contributed by atoms with E-state index in [2.05, 4.69) is 5.32 Å². The molecule has 1 aromatic rings. The van der Waals surface area contributed by atoms with Crippen molar-refractivity contribution in [3.05, 3.63) is 23.5 Å². The second-order valence-corrected chi connectivity index (χ2v) is 3.88. The Bertz CT molecular complexity index is 376. The van der Waals surface area contributed by atoms with Crippen molar-refractivity contribution in [3.8, 4) is 11.5 Å². The van der Waals surface area contributed by atoms with E-state index in [0.29, 0.717) is 5.75 Å². The van der Waals surface area contributed by atoms with E-state index in [-0.39, 0.29) is 17.6 Å². The zero-order chi connectivity index (χ0) is 11.5. The van der Waals surface area contributed by atoms with Gasteiger partial charge in [0.05, 0.1) is 14.2 Å². The first-order valence-electron chi connectivity index (χ1n) is 5.41. The number of hydrogen-bond donors (Lipinski definition) is 1. The molecule has 3 nitrogen and oxygen atoms in total. The second-order valence-electron chi connectivity index (χ2n) is 3.88. The molecular formula is C12H16FNO2. The van der Waals surface area contributed by atoms with E-state index in [4.69, 9.17) is 9.47 Å². The van der Waals surface area contributed by atoms with E-state index in [1.54, 1.807) is 13.2 Å². The lowest BCUT2D eigenvalue weighted by molar-refractivity contribution is 0.371. The number of hydrogen-bond acceptors (Lipinski definition) is 3. The van der Waals surface area contributed by atoms with Crippen LogP contribution in [0.5, 0.6) is 11.5 Å². The summed E-state index contributed by atoms with van der Waals surface area (Å²) in [4.78, 5) is 0. The Balaban J connectivity index is 2.40. The Morgan fingerprint density at radius 1 is 1.25 bits per heavy atom. The molecule has 2 rings (SSSR count). The maximum Gasteiger partial charge on any atom is 0.168 e. The molecule has 0 radical (unpaired) electrons. The quantitative estimate of drug-likeness (QED) is 0.856. The summed E-state index contributed by atoms with van der Waals surface area (Å²) in [6, 6.07) is 3.34. The van der Waals surface area contributed by atoms with Gasteiger partial charge < -0.3 is 14.8 Å². The minimum absolute atomic E-state index is 0.240. The zero-order valence-electron chi connectivity index (χ0n) is 9.55. The van der Waals surface area contributed by atoms with E-state index in [0.717, 1.165) is 24.9 Å². The summed E-state index contributed by atoms with van der Waals surface area (Å²) in [6.45, 7) is 0.994. The number of benzene rings is 1. The molecule has 88 valence electrons. The van der Waals surface area contributed by atoms with E-state index >= 15 is 0 Å². The summed E-state index contributed by atoms with van der Waals surface area (Å²) in [5.41, 5.74) is 0.971. The first kappa shape index (κ1) is 11.2. The molecule has 1 heterocycles. The van der Waals surface area contributed by atoms with Gasteiger partial charge in [0.25, 0.3) is 0 Å². The molecule has 1 saturated heterocycles. The fourth-order valence-corrected chi connectivity index (χ4v) is 2.11. The van der Waals surface area contributed by atoms with Crippen LogP contribution in [0.15, 0.2) is 12.1 Å². The third-order valence-corrected chi connectivity index (χ3v) is 2.94. The summed E-state index contributed by atoms with van der Waals surface area (Å²) in [6.07, 6.45) is 2.18. The number of halogens is 1. The molecule has 1 atom stereocenters. The van der Waals surface area contributed by atoms with Gasteiger partial charge in [-0.15, -0.1) is 0 Å². The maximum absolute atomic E-state index is 13.5. The smallest absolute Gasteiger partial charge is 0.168 e. The molecule has 0 aliphatic carbocycles. The standard InChI is InChI=1S/C12H16FNO2/c1-15-11-7-9(13)12(16-2)6-8(11)10-4-3-5-14-10/h6-7,10,14H,3-5H2,1-2H3. The zero-order valence-corrected chi connectivity index (χ0v) is 9.55. The Labute approximate surface area is 94.6 Å². The van der Waals surface area contributed by atoms with Crippen molar-refractivity contribution in [1.29, 1.82) is 0 Å². The van der Waals surface area contributed by atoms with E-state index in [1.807, 2.05) is 0 Å². The summed E-state index contributed by atoms with van der Waals surface area (Å²) in [7, 11) is 3.02. The highest BCUT2D eigenvalue weighted by atomic mass is 19.1. The van der Waals surface area contributed by atoms with Crippen LogP contribution in [0.1, 0.15) is 24.4 Å². The monoisotopic (exact) mass is 225 g/mol. The van der Waals surface area contributed by atoms with Crippen molar-refractivity contribution < 1.29 is 13.9 Å². The summed E-state index contributed by atoms with van der Waals surface area (Å²) in [5, 5.41) is 3.36. The Hall–Kier alpha value is -1.29. The van der Waals surface area contributed by atoms with Crippen LogP contribution in [-0.2, 0) is 0 Å². The first-order chi connectivity index (χ1) is 7.76. The Morgan fingerprint density at radius 3 is 2.56 bits per heavy atom. The summed E-state index contributed by atoms with van der Waals surface area (Å²) >= 11 is 0. The summed E-state index contributed by atoms with van der Waals surface area (Å²) < 4.78 is 23.7. The normalized spacial score (nSPS) is 19.8. The lowest BCUT2D eigenvalue weighted by Crippen LogP contribution is -2.14. The van der Waals surface area contributed by atoms with Crippen LogP contribution in [0, 0.1) is 5.82 Å². The molecule has 1 aliphatic rings. The van der Waals surface area contributed by atoms with Crippen molar-refractivity contribution >= 4 is 0 Å². The van der Waals surface area contributed by atoms with Crippen LogP contribution in [0.3, 0.4) is 0 Å². The highest BCUT2D eigenvalue weighted by Gasteiger charge is 2.22. The van der Waals surface area contributed by atoms with Crippen LogP contribution >= 0.6 is 0 Å². The predicted molar refractivity (Wildman–Crippen MR) is 59.5 cm³/mol. The van der Waals surface area contributed by atoms with Crippen LogP contribution in [0.25, 0.3) is 0 Å². The SMILES string of the molecule is COc1cc(C2CCCN2)c(OC)cc1F. The molecule has 4 heteroatoms. The molecule has 1 N–H and O–H groups in total. The van der Waals surface area contributed by atoms with Crippen molar-refractivity contribution in [2.75, 3.05) is 20.8 Å². The molecule has 16 heavy (non-hydrogen) atoms. The average Bonchev–Trinajstić information content (AvgIpc) is 2.82. The van der Waals surface area contributed by atoms with E-state index in [1.165, 1.54) is 13.2 Å². The molecule has 0 spiro atoms. The van der Waals surface area contributed by atoms with Gasteiger partial charge in [-0.1, -0.05) is 0 Å². The third-order valence-electron chi connectivity index (χ3n) is 2.94. The van der Waals surface area contributed by atoms with Gasteiger partial charge in [-0.3, -0.25) is 0 Å². The topological polar surface area (TPSA) is 30.5 Å². The molecule has 0 aromatic heterocycles. The van der Waals surface area contributed by atoms with Crippen LogP contribution in [0.2, 0.25) is 0 Å². The van der Waals surface area contributed by atoms with Crippen LogP contribution in [-0.4, -0.2) is 20.8 Å². The van der Waals surface area contributed by atoms with Gasteiger partial charge in [-0.05, 0) is 25.5 Å². The lowest BCUT2D eigenvalue weighted by Gasteiger charge is -2.16. The highest BCUT2D eigenvalue weighted by molar-refractivity contribution is 5.43. The largest absolute Gasteiger partial charge is 0.496 e. The average molecular weight is 225 g/mol. The molecular weight excluding hydrogens is 209 g/mol. The fraction of sp³-hybridized carbons (Fsp3) is 0.500. The minimum atomic E-state index is -0.388. The number of rotatable bonds is 3. The maximum atomic E-state index is 13.5. The van der Waals surface area contributed by atoms with Crippen molar-refractivity contribution in [1.82, 2.24) is 5.32 Å². The fourth-order valence-electron chi connectivity index (χ4n) is 2.11. The Kier molecular flexibility index (Phi) is 3.29. The molecule has 1 fully saturated rings. The summed E-state index contributed by atoms with van der Waals surface area (Å²) in [5.74, 6) is 0.461. The van der Waals surface area contributed by atoms with Gasteiger partial charge >= 0.3 is 0 Å². The molecule has 0 bridgehead atoms. The van der Waals surface area contributed by atoms with Gasteiger partial charge in [-0.2, -0.15) is 0 Å². The van der Waals surface area contributed by atoms with E-state index in [9.17, 15) is 4.39 Å². The number of nitrogens with one attached hydrogen (secondary N) is 1. The molecule has 0 saturated carbocycles. The Morgan fingerprint density at radius 2 is 2.00 bits per heavy atom. The molecule has 1 unspecified atom stereocenters. The predicted octanol–water partition coefficient (Wildman–Crippen LogP) is 2.27. The van der Waals surface area contributed by atoms with Gasteiger partial charge in [-0.25, -0.2) is 4.39 Å². The number of methoxy groups -OCH3 is 2. The number of ether oxygens (including phenoxy) is 2. The van der Waals surface area contributed by atoms with Gasteiger partial charge in [0, 0.05) is 17.7 Å². The van der Waals surface area contributed by atoms with Crippen LogP contribution < -0.4 is 14.8 Å². The third kappa shape index (κ3) is 1.97. The van der Waals surface area contributed by atoms with Gasteiger partial charge in [0.15, 0.2) is 11.6 Å². The first-order valence-corrected chi connectivity index (χ1v) is 5.41. The van der Waals surface area contributed by atoms with E-state index < -0.39 is 0 Å². The van der Waals surface area contributed by atoms with Crippen molar-refractivity contribution in [2.24, 2.45) is 0 Å². The molecule has 0 amide bonds. The molecule has 1 aliphatic heterocycles. The highest BCUT2D eigenvalue weighted by Crippen LogP contribution is 2.35. The molecule has 1 aromatic carbocycles. The van der Waals surface area contributed by atoms with Crippen molar-refractivity contribution in [2.45, 2.75) is 18.9 Å². The van der Waals surface area contributed by atoms with Crippen molar-refractivity contribution in [3.63, 3.8) is 0 Å².